The summed E-state index contributed by atoms with van der Waals surface area (Å²) in [6.45, 7) is 5.84. The molecule has 2 rings (SSSR count). The van der Waals surface area contributed by atoms with E-state index >= 15 is 0 Å². The van der Waals surface area contributed by atoms with Crippen LogP contribution in [-0.2, 0) is 6.54 Å². The normalized spacial score (nSPS) is 10.7. The molecule has 2 N–H and O–H groups in total. The van der Waals surface area contributed by atoms with Crippen molar-refractivity contribution >= 4 is 0 Å². The number of para-hydroxylation sites is 1. The Kier molecular flexibility index (Phi) is 5.64. The van der Waals surface area contributed by atoms with Gasteiger partial charge in [0.05, 0.1) is 0 Å². The second-order valence-corrected chi connectivity index (χ2v) is 5.24. The smallest absolute Gasteiger partial charge is 0.123 e. The molecule has 0 fully saturated rings. The van der Waals surface area contributed by atoms with Crippen LogP contribution >= 0.6 is 0 Å². The zero-order valence-corrected chi connectivity index (χ0v) is 12.7. The summed E-state index contributed by atoms with van der Waals surface area (Å²) in [5.74, 6) is 2.22. The molecule has 2 aromatic carbocycles. The highest BCUT2D eigenvalue weighted by Gasteiger charge is 2.03. The fourth-order valence-electron chi connectivity index (χ4n) is 2.09. The van der Waals surface area contributed by atoms with Crippen molar-refractivity contribution in [2.24, 2.45) is 5.73 Å². The summed E-state index contributed by atoms with van der Waals surface area (Å²) in [6.07, 6.45) is 0. The lowest BCUT2D eigenvalue weighted by molar-refractivity contribution is 0.216. The molecular weight excluding hydrogens is 262 g/mol. The third-order valence-corrected chi connectivity index (χ3v) is 3.33. The number of nitrogens with two attached hydrogens (primary N) is 1. The van der Waals surface area contributed by atoms with Gasteiger partial charge < -0.3 is 15.2 Å². The fraction of sp³-hybridized carbons (Fsp3) is 0.333. The van der Waals surface area contributed by atoms with Gasteiger partial charge in [-0.2, -0.15) is 0 Å². The van der Waals surface area contributed by atoms with Gasteiger partial charge in [-0.1, -0.05) is 44.2 Å². The molecule has 3 nitrogen and oxygen atoms in total. The van der Waals surface area contributed by atoms with Crippen molar-refractivity contribution in [1.29, 1.82) is 0 Å². The first kappa shape index (κ1) is 15.4. The summed E-state index contributed by atoms with van der Waals surface area (Å²) in [6, 6.07) is 16.0. The zero-order chi connectivity index (χ0) is 15.1. The molecule has 0 aromatic heterocycles. The van der Waals surface area contributed by atoms with E-state index in [2.05, 4.69) is 26.0 Å². The van der Waals surface area contributed by atoms with E-state index in [1.807, 2.05) is 36.4 Å². The molecule has 0 saturated carbocycles. The summed E-state index contributed by atoms with van der Waals surface area (Å²) in [5, 5.41) is 0. The van der Waals surface area contributed by atoms with Gasteiger partial charge in [-0.15, -0.1) is 0 Å². The Morgan fingerprint density at radius 2 is 1.71 bits per heavy atom. The molecule has 0 radical (unpaired) electrons. The first-order chi connectivity index (χ1) is 10.2. The molecule has 112 valence electrons. The molecule has 0 bridgehead atoms. The number of ether oxygens (including phenoxy) is 2. The Morgan fingerprint density at radius 3 is 2.48 bits per heavy atom. The molecular formula is C18H23NO2. The van der Waals surface area contributed by atoms with E-state index in [9.17, 15) is 0 Å². The maximum absolute atomic E-state index is 5.74. The summed E-state index contributed by atoms with van der Waals surface area (Å²) in [5.41, 5.74) is 7.97. The van der Waals surface area contributed by atoms with Gasteiger partial charge in [-0.05, 0) is 29.7 Å². The lowest BCUT2D eigenvalue weighted by Gasteiger charge is -2.12. The van der Waals surface area contributed by atoms with Crippen LogP contribution in [0.2, 0.25) is 0 Å². The lowest BCUT2D eigenvalue weighted by Crippen LogP contribution is -2.11. The topological polar surface area (TPSA) is 44.5 Å². The Balaban J connectivity index is 1.83. The van der Waals surface area contributed by atoms with Gasteiger partial charge in [-0.25, -0.2) is 0 Å². The first-order valence-corrected chi connectivity index (χ1v) is 7.34. The van der Waals surface area contributed by atoms with Crippen LogP contribution in [0.4, 0.5) is 0 Å². The Hall–Kier alpha value is -2.00. The zero-order valence-electron chi connectivity index (χ0n) is 12.7. The third kappa shape index (κ3) is 4.50. The van der Waals surface area contributed by atoms with Crippen molar-refractivity contribution < 1.29 is 9.47 Å². The lowest BCUT2D eigenvalue weighted by atomic mass is 10.0. The molecule has 0 aliphatic heterocycles. The van der Waals surface area contributed by atoms with E-state index < -0.39 is 0 Å². The monoisotopic (exact) mass is 285 g/mol. The van der Waals surface area contributed by atoms with Crippen molar-refractivity contribution in [1.82, 2.24) is 0 Å². The summed E-state index contributed by atoms with van der Waals surface area (Å²) >= 11 is 0. The van der Waals surface area contributed by atoms with E-state index in [0.717, 1.165) is 17.1 Å². The SMILES string of the molecule is CC(C)c1cccc(OCCOc2ccccc2CN)c1. The molecule has 0 spiro atoms. The standard InChI is InChI=1S/C18H23NO2/c1-14(2)15-7-5-8-17(12-15)20-10-11-21-18-9-4-3-6-16(18)13-19/h3-9,12,14H,10-11,13,19H2,1-2H3. The highest BCUT2D eigenvalue weighted by molar-refractivity contribution is 5.33. The van der Waals surface area contributed by atoms with Crippen molar-refractivity contribution in [3.05, 3.63) is 59.7 Å². The number of hydrogen-bond acceptors (Lipinski definition) is 3. The second-order valence-electron chi connectivity index (χ2n) is 5.24. The van der Waals surface area contributed by atoms with Crippen LogP contribution in [-0.4, -0.2) is 13.2 Å². The predicted molar refractivity (Wildman–Crippen MR) is 85.9 cm³/mol. The van der Waals surface area contributed by atoms with Crippen LogP contribution < -0.4 is 15.2 Å². The largest absolute Gasteiger partial charge is 0.490 e. The van der Waals surface area contributed by atoms with Gasteiger partial charge in [0.25, 0.3) is 0 Å². The predicted octanol–water partition coefficient (Wildman–Crippen LogP) is 3.73. The minimum atomic E-state index is 0.480. The molecule has 0 atom stereocenters. The Labute approximate surface area is 126 Å². The van der Waals surface area contributed by atoms with Gasteiger partial charge >= 0.3 is 0 Å². The molecule has 0 aliphatic carbocycles. The van der Waals surface area contributed by atoms with Crippen molar-refractivity contribution in [2.45, 2.75) is 26.3 Å². The summed E-state index contributed by atoms with van der Waals surface area (Å²) in [7, 11) is 0. The molecule has 0 saturated heterocycles. The van der Waals surface area contributed by atoms with Gasteiger partial charge in [0.1, 0.15) is 24.7 Å². The van der Waals surface area contributed by atoms with E-state index in [0.29, 0.717) is 25.7 Å². The van der Waals surface area contributed by atoms with Crippen molar-refractivity contribution in [3.8, 4) is 11.5 Å². The summed E-state index contributed by atoms with van der Waals surface area (Å²) < 4.78 is 11.5. The van der Waals surface area contributed by atoms with Gasteiger partial charge in [-0.3, -0.25) is 0 Å². The van der Waals surface area contributed by atoms with Gasteiger partial charge in [0, 0.05) is 12.1 Å². The number of rotatable bonds is 7. The van der Waals surface area contributed by atoms with Crippen LogP contribution in [0.25, 0.3) is 0 Å². The number of hydrogen-bond donors (Lipinski definition) is 1. The highest BCUT2D eigenvalue weighted by Crippen LogP contribution is 2.20. The van der Waals surface area contributed by atoms with Gasteiger partial charge in [0.15, 0.2) is 0 Å². The Bertz CT molecular complexity index is 567. The van der Waals surface area contributed by atoms with Gasteiger partial charge in [0.2, 0.25) is 0 Å². The van der Waals surface area contributed by atoms with Crippen molar-refractivity contribution in [2.75, 3.05) is 13.2 Å². The maximum Gasteiger partial charge on any atom is 0.123 e. The molecule has 2 aromatic rings. The minimum absolute atomic E-state index is 0.480. The molecule has 3 heteroatoms. The molecule has 0 amide bonds. The number of benzene rings is 2. The first-order valence-electron chi connectivity index (χ1n) is 7.34. The van der Waals surface area contributed by atoms with Crippen LogP contribution in [0.5, 0.6) is 11.5 Å². The molecule has 0 unspecified atom stereocenters. The van der Waals surface area contributed by atoms with E-state index in [1.165, 1.54) is 5.56 Å². The average molecular weight is 285 g/mol. The van der Waals surface area contributed by atoms with E-state index in [1.54, 1.807) is 0 Å². The molecule has 0 heterocycles. The second kappa shape index (κ2) is 7.70. The van der Waals surface area contributed by atoms with Crippen LogP contribution in [0.15, 0.2) is 48.5 Å². The fourth-order valence-corrected chi connectivity index (χ4v) is 2.09. The van der Waals surface area contributed by atoms with Crippen LogP contribution in [0.1, 0.15) is 30.9 Å². The van der Waals surface area contributed by atoms with E-state index in [4.69, 9.17) is 15.2 Å². The highest BCUT2D eigenvalue weighted by atomic mass is 16.5. The maximum atomic E-state index is 5.74. The van der Waals surface area contributed by atoms with Crippen LogP contribution in [0.3, 0.4) is 0 Å². The average Bonchev–Trinajstić information content (AvgIpc) is 2.52. The van der Waals surface area contributed by atoms with Crippen molar-refractivity contribution in [3.63, 3.8) is 0 Å². The summed E-state index contributed by atoms with van der Waals surface area (Å²) in [4.78, 5) is 0. The minimum Gasteiger partial charge on any atom is -0.490 e. The molecule has 21 heavy (non-hydrogen) atoms. The van der Waals surface area contributed by atoms with E-state index in [-0.39, 0.29) is 0 Å². The molecule has 0 aliphatic rings. The third-order valence-electron chi connectivity index (χ3n) is 3.33. The van der Waals surface area contributed by atoms with Crippen LogP contribution in [0, 0.1) is 0 Å². The quantitative estimate of drug-likeness (QED) is 0.788. The Morgan fingerprint density at radius 1 is 0.952 bits per heavy atom.